The van der Waals surface area contributed by atoms with Gasteiger partial charge in [-0.3, -0.25) is 0 Å². The molecule has 2 rings (SSSR count). The molecule has 1 saturated heterocycles. The van der Waals surface area contributed by atoms with Crippen LogP contribution in [-0.4, -0.2) is 13.1 Å². The van der Waals surface area contributed by atoms with E-state index in [2.05, 4.69) is 26.1 Å². The summed E-state index contributed by atoms with van der Waals surface area (Å²) in [6, 6.07) is 0. The Labute approximate surface area is 75.9 Å². The summed E-state index contributed by atoms with van der Waals surface area (Å²) in [7, 11) is 0. The molecule has 1 N–H and O–H groups in total. The zero-order valence-corrected chi connectivity index (χ0v) is 8.61. The van der Waals surface area contributed by atoms with Crippen molar-refractivity contribution >= 4 is 0 Å². The summed E-state index contributed by atoms with van der Waals surface area (Å²) in [6.45, 7) is 9.74. The fraction of sp³-hybridized carbons (Fsp3) is 1.00. The van der Waals surface area contributed by atoms with Gasteiger partial charge in [0.05, 0.1) is 0 Å². The first-order chi connectivity index (χ1) is 5.55. The molecule has 1 spiro atoms. The maximum absolute atomic E-state index is 3.52. The molecule has 70 valence electrons. The van der Waals surface area contributed by atoms with E-state index in [1.54, 1.807) is 0 Å². The molecule has 0 aromatic rings. The summed E-state index contributed by atoms with van der Waals surface area (Å²) in [5.41, 5.74) is 1.24. The lowest BCUT2D eigenvalue weighted by atomic mass is 9.51. The third-order valence-corrected chi connectivity index (χ3v) is 3.99. The Bertz CT molecular complexity index is 172. The maximum Gasteiger partial charge on any atom is 0.00111 e. The zero-order chi connectivity index (χ0) is 8.82. The van der Waals surface area contributed by atoms with Crippen LogP contribution in [0.25, 0.3) is 0 Å². The van der Waals surface area contributed by atoms with Gasteiger partial charge in [0, 0.05) is 6.54 Å². The van der Waals surface area contributed by atoms with Crippen LogP contribution in [-0.2, 0) is 0 Å². The molecule has 1 aliphatic heterocycles. The molecule has 0 bridgehead atoms. The van der Waals surface area contributed by atoms with E-state index >= 15 is 0 Å². The molecule has 1 aliphatic carbocycles. The lowest BCUT2D eigenvalue weighted by Gasteiger charge is -2.53. The second-order valence-corrected chi connectivity index (χ2v) is 5.75. The number of nitrogens with one attached hydrogen (secondary N) is 1. The van der Waals surface area contributed by atoms with Crippen molar-refractivity contribution in [2.24, 2.45) is 16.7 Å². The number of hydrogen-bond donors (Lipinski definition) is 1. The standard InChI is InChI=1S/C11H21N/c1-10(2,3)9-4-5-11(9)6-7-12-8-11/h9,12H,4-8H2,1-3H3/t9?,11-/m1/s1. The van der Waals surface area contributed by atoms with Crippen LogP contribution in [0, 0.1) is 16.7 Å². The van der Waals surface area contributed by atoms with Crippen LogP contribution >= 0.6 is 0 Å². The molecule has 0 amide bonds. The third-order valence-electron chi connectivity index (χ3n) is 3.99. The SMILES string of the molecule is CC(C)(C)C1CC[C@]12CCNC2. The summed E-state index contributed by atoms with van der Waals surface area (Å²) in [5.74, 6) is 0.972. The van der Waals surface area contributed by atoms with Crippen molar-refractivity contribution in [3.05, 3.63) is 0 Å². The van der Waals surface area contributed by atoms with Gasteiger partial charge in [0.25, 0.3) is 0 Å². The Morgan fingerprint density at radius 1 is 1.25 bits per heavy atom. The second kappa shape index (κ2) is 2.47. The van der Waals surface area contributed by atoms with Crippen molar-refractivity contribution in [2.45, 2.75) is 40.0 Å². The smallest absolute Gasteiger partial charge is 0.00111 e. The van der Waals surface area contributed by atoms with E-state index in [0.29, 0.717) is 10.8 Å². The highest BCUT2D eigenvalue weighted by atomic mass is 14.9. The summed E-state index contributed by atoms with van der Waals surface area (Å²) in [5, 5.41) is 3.52. The monoisotopic (exact) mass is 167 g/mol. The van der Waals surface area contributed by atoms with Crippen molar-refractivity contribution in [1.29, 1.82) is 0 Å². The zero-order valence-electron chi connectivity index (χ0n) is 8.61. The minimum absolute atomic E-state index is 0.532. The first kappa shape index (κ1) is 8.55. The van der Waals surface area contributed by atoms with Crippen LogP contribution in [0.2, 0.25) is 0 Å². The molecule has 0 aromatic carbocycles. The molecule has 0 aromatic heterocycles. The van der Waals surface area contributed by atoms with E-state index < -0.39 is 0 Å². The van der Waals surface area contributed by atoms with Gasteiger partial charge < -0.3 is 5.32 Å². The largest absolute Gasteiger partial charge is 0.316 e. The summed E-state index contributed by atoms with van der Waals surface area (Å²) in [4.78, 5) is 0. The van der Waals surface area contributed by atoms with Crippen molar-refractivity contribution in [3.8, 4) is 0 Å². The van der Waals surface area contributed by atoms with E-state index in [1.165, 1.54) is 32.4 Å². The predicted molar refractivity (Wildman–Crippen MR) is 52.1 cm³/mol. The molecule has 2 atom stereocenters. The minimum atomic E-state index is 0.532. The quantitative estimate of drug-likeness (QED) is 0.584. The van der Waals surface area contributed by atoms with Gasteiger partial charge in [-0.25, -0.2) is 0 Å². The van der Waals surface area contributed by atoms with E-state index in [0.717, 1.165) is 5.92 Å². The van der Waals surface area contributed by atoms with Gasteiger partial charge in [-0.2, -0.15) is 0 Å². The van der Waals surface area contributed by atoms with E-state index in [-0.39, 0.29) is 0 Å². The molecular formula is C11H21N. The van der Waals surface area contributed by atoms with Gasteiger partial charge >= 0.3 is 0 Å². The normalized spacial score (nSPS) is 41.8. The Morgan fingerprint density at radius 3 is 2.33 bits per heavy atom. The summed E-state index contributed by atoms with van der Waals surface area (Å²) >= 11 is 0. The van der Waals surface area contributed by atoms with Crippen LogP contribution in [0.1, 0.15) is 40.0 Å². The first-order valence-electron chi connectivity index (χ1n) is 5.25. The van der Waals surface area contributed by atoms with Gasteiger partial charge in [-0.1, -0.05) is 20.8 Å². The second-order valence-electron chi connectivity index (χ2n) is 5.75. The molecule has 1 heteroatoms. The van der Waals surface area contributed by atoms with E-state index in [4.69, 9.17) is 0 Å². The molecular weight excluding hydrogens is 146 g/mol. The molecule has 2 fully saturated rings. The average molecular weight is 167 g/mol. The topological polar surface area (TPSA) is 12.0 Å². The van der Waals surface area contributed by atoms with Gasteiger partial charge in [-0.05, 0) is 42.6 Å². The highest BCUT2D eigenvalue weighted by Crippen LogP contribution is 2.57. The molecule has 1 nitrogen and oxygen atoms in total. The maximum atomic E-state index is 3.52. The Hall–Kier alpha value is -0.0400. The Kier molecular flexibility index (Phi) is 1.76. The lowest BCUT2D eigenvalue weighted by Crippen LogP contribution is -2.48. The van der Waals surface area contributed by atoms with Crippen molar-refractivity contribution in [1.82, 2.24) is 5.32 Å². The summed E-state index contributed by atoms with van der Waals surface area (Å²) < 4.78 is 0. The van der Waals surface area contributed by atoms with Crippen molar-refractivity contribution in [2.75, 3.05) is 13.1 Å². The highest BCUT2D eigenvalue weighted by molar-refractivity contribution is 5.04. The average Bonchev–Trinajstić information content (AvgIpc) is 2.28. The minimum Gasteiger partial charge on any atom is -0.316 e. The molecule has 1 unspecified atom stereocenters. The molecule has 12 heavy (non-hydrogen) atoms. The summed E-state index contributed by atoms with van der Waals surface area (Å²) in [6.07, 6.45) is 4.36. The van der Waals surface area contributed by atoms with Gasteiger partial charge in [0.1, 0.15) is 0 Å². The molecule has 1 saturated carbocycles. The van der Waals surface area contributed by atoms with E-state index in [1.807, 2.05) is 0 Å². The van der Waals surface area contributed by atoms with Crippen LogP contribution in [0.5, 0.6) is 0 Å². The van der Waals surface area contributed by atoms with Crippen LogP contribution < -0.4 is 5.32 Å². The van der Waals surface area contributed by atoms with Crippen molar-refractivity contribution in [3.63, 3.8) is 0 Å². The van der Waals surface area contributed by atoms with Gasteiger partial charge in [0.2, 0.25) is 0 Å². The van der Waals surface area contributed by atoms with Crippen LogP contribution in [0.3, 0.4) is 0 Å². The molecule has 0 radical (unpaired) electrons. The fourth-order valence-corrected chi connectivity index (χ4v) is 3.32. The van der Waals surface area contributed by atoms with Crippen LogP contribution in [0.4, 0.5) is 0 Å². The number of rotatable bonds is 0. The van der Waals surface area contributed by atoms with Crippen LogP contribution in [0.15, 0.2) is 0 Å². The third kappa shape index (κ3) is 1.10. The lowest BCUT2D eigenvalue weighted by molar-refractivity contribution is -0.0302. The molecule has 2 aliphatic rings. The Balaban J connectivity index is 2.09. The first-order valence-corrected chi connectivity index (χ1v) is 5.25. The van der Waals surface area contributed by atoms with Crippen molar-refractivity contribution < 1.29 is 0 Å². The number of hydrogen-bond acceptors (Lipinski definition) is 1. The highest BCUT2D eigenvalue weighted by Gasteiger charge is 2.52. The van der Waals surface area contributed by atoms with E-state index in [9.17, 15) is 0 Å². The van der Waals surface area contributed by atoms with Gasteiger partial charge in [-0.15, -0.1) is 0 Å². The predicted octanol–water partition coefficient (Wildman–Crippen LogP) is 2.42. The fourth-order valence-electron chi connectivity index (χ4n) is 3.32. The molecule has 1 heterocycles. The van der Waals surface area contributed by atoms with Gasteiger partial charge in [0.15, 0.2) is 0 Å². The Morgan fingerprint density at radius 2 is 2.00 bits per heavy atom.